The molecule has 134 valence electrons. The molecule has 0 saturated heterocycles. The number of aromatic amines is 1. The molecule has 4 rings (SSSR count). The number of nitrogens with zero attached hydrogens (tertiary/aromatic N) is 4. The number of hydrogen-bond acceptors (Lipinski definition) is 5. The summed E-state index contributed by atoms with van der Waals surface area (Å²) in [6, 6.07) is 11.8. The minimum atomic E-state index is 0.257. The lowest BCUT2D eigenvalue weighted by atomic mass is 9.99. The molecular weight excluding hydrogens is 372 g/mol. The van der Waals surface area contributed by atoms with Crippen LogP contribution in [0, 0.1) is 29.6 Å². The van der Waals surface area contributed by atoms with Gasteiger partial charge in [0.1, 0.15) is 17.3 Å². The normalized spacial score (nSPS) is 10.4. The number of aromatic nitrogens is 3. The summed E-state index contributed by atoms with van der Waals surface area (Å²) >= 11 is 6.06. The van der Waals surface area contributed by atoms with Crippen LogP contribution >= 0.6 is 11.6 Å². The van der Waals surface area contributed by atoms with Gasteiger partial charge in [-0.15, -0.1) is 0 Å². The fourth-order valence-corrected chi connectivity index (χ4v) is 3.34. The maximum Gasteiger partial charge on any atom is 0.129 e. The summed E-state index contributed by atoms with van der Waals surface area (Å²) in [5.74, 6) is 0. The average Bonchev–Trinajstić information content (AvgIpc) is 3.20. The van der Waals surface area contributed by atoms with Crippen LogP contribution in [0.25, 0.3) is 22.0 Å². The summed E-state index contributed by atoms with van der Waals surface area (Å²) in [4.78, 5) is 11.3. The van der Waals surface area contributed by atoms with Gasteiger partial charge in [0.25, 0.3) is 0 Å². The molecule has 0 radical (unpaired) electrons. The smallest absolute Gasteiger partial charge is 0.129 e. The summed E-state index contributed by atoms with van der Waals surface area (Å²) < 4.78 is 0. The Balaban J connectivity index is 1.92. The van der Waals surface area contributed by atoms with Crippen molar-refractivity contribution in [3.63, 3.8) is 0 Å². The maximum atomic E-state index is 9.62. The Hall–Kier alpha value is -3.87. The number of pyridine rings is 2. The predicted molar refractivity (Wildman–Crippen MR) is 108 cm³/mol. The van der Waals surface area contributed by atoms with E-state index in [1.165, 1.54) is 12.4 Å². The Morgan fingerprint density at radius 1 is 1.04 bits per heavy atom. The zero-order valence-corrected chi connectivity index (χ0v) is 15.5. The minimum absolute atomic E-state index is 0.257. The van der Waals surface area contributed by atoms with Crippen LogP contribution in [-0.4, -0.2) is 15.0 Å². The summed E-state index contributed by atoms with van der Waals surface area (Å²) in [6.07, 6.45) is 6.40. The average molecular weight is 385 g/mol. The van der Waals surface area contributed by atoms with Crippen LogP contribution in [0.3, 0.4) is 0 Å². The summed E-state index contributed by atoms with van der Waals surface area (Å²) in [7, 11) is 0. The number of aryl methyl sites for hydroxylation is 1. The Morgan fingerprint density at radius 2 is 1.86 bits per heavy atom. The molecule has 0 amide bonds. The number of halogens is 1. The van der Waals surface area contributed by atoms with Crippen molar-refractivity contribution in [1.82, 2.24) is 15.0 Å². The van der Waals surface area contributed by atoms with E-state index in [0.717, 1.165) is 22.2 Å². The van der Waals surface area contributed by atoms with Gasteiger partial charge in [-0.05, 0) is 36.8 Å². The van der Waals surface area contributed by atoms with Gasteiger partial charge in [0.2, 0.25) is 0 Å². The lowest BCUT2D eigenvalue weighted by Gasteiger charge is -2.16. The van der Waals surface area contributed by atoms with Crippen molar-refractivity contribution >= 4 is 33.9 Å². The van der Waals surface area contributed by atoms with Crippen LogP contribution < -0.4 is 5.32 Å². The van der Waals surface area contributed by atoms with E-state index in [1.807, 2.05) is 31.3 Å². The standard InChI is InChI=1S/C21H13ClN6/c1-12-15-4-5-26-19(15)3-2-18(12)28-21-14(8-24)9-25-11-17(21)16-6-20(22)27-10-13(16)7-23/h2-6,9-11,26H,1H3,(H,25,28). The number of nitrogens with one attached hydrogen (secondary N) is 2. The van der Waals surface area contributed by atoms with Gasteiger partial charge in [-0.25, -0.2) is 4.98 Å². The van der Waals surface area contributed by atoms with Crippen LogP contribution in [0.2, 0.25) is 5.15 Å². The third kappa shape index (κ3) is 2.92. The zero-order chi connectivity index (χ0) is 19.7. The van der Waals surface area contributed by atoms with Crippen molar-refractivity contribution in [2.75, 3.05) is 5.32 Å². The molecule has 0 aliphatic rings. The Labute approximate surface area is 166 Å². The molecule has 0 unspecified atom stereocenters. The van der Waals surface area contributed by atoms with Gasteiger partial charge in [-0.2, -0.15) is 10.5 Å². The molecule has 0 aliphatic carbocycles. The van der Waals surface area contributed by atoms with Gasteiger partial charge in [0, 0.05) is 52.5 Å². The molecule has 7 heteroatoms. The van der Waals surface area contributed by atoms with E-state index in [1.54, 1.807) is 12.3 Å². The molecule has 3 heterocycles. The number of anilines is 2. The highest BCUT2D eigenvalue weighted by atomic mass is 35.5. The molecule has 2 N–H and O–H groups in total. The second-order valence-corrected chi connectivity index (χ2v) is 6.58. The van der Waals surface area contributed by atoms with Crippen molar-refractivity contribution in [2.24, 2.45) is 0 Å². The monoisotopic (exact) mass is 384 g/mol. The van der Waals surface area contributed by atoms with E-state index in [9.17, 15) is 10.5 Å². The van der Waals surface area contributed by atoms with Crippen molar-refractivity contribution in [2.45, 2.75) is 6.92 Å². The lowest BCUT2D eigenvalue weighted by Crippen LogP contribution is -2.01. The Morgan fingerprint density at radius 3 is 2.64 bits per heavy atom. The number of benzene rings is 1. The number of H-pyrrole nitrogens is 1. The number of nitriles is 2. The summed E-state index contributed by atoms with van der Waals surface area (Å²) in [5, 5.41) is 23.8. The Kier molecular flexibility index (Phi) is 4.41. The molecular formula is C21H13ClN6. The number of rotatable bonds is 3. The van der Waals surface area contributed by atoms with Crippen LogP contribution in [-0.2, 0) is 0 Å². The lowest BCUT2D eigenvalue weighted by molar-refractivity contribution is 1.27. The molecule has 28 heavy (non-hydrogen) atoms. The topological polar surface area (TPSA) is 101 Å². The van der Waals surface area contributed by atoms with Gasteiger partial charge < -0.3 is 10.3 Å². The van der Waals surface area contributed by atoms with E-state index in [-0.39, 0.29) is 5.15 Å². The highest BCUT2D eigenvalue weighted by Gasteiger charge is 2.17. The molecule has 6 nitrogen and oxygen atoms in total. The van der Waals surface area contributed by atoms with Crippen LogP contribution in [0.4, 0.5) is 11.4 Å². The van der Waals surface area contributed by atoms with Crippen LogP contribution in [0.15, 0.2) is 49.1 Å². The van der Waals surface area contributed by atoms with Gasteiger partial charge in [0.15, 0.2) is 0 Å². The van der Waals surface area contributed by atoms with Crippen molar-refractivity contribution < 1.29 is 0 Å². The first-order valence-electron chi connectivity index (χ1n) is 8.40. The van der Waals surface area contributed by atoms with Gasteiger partial charge in [0.05, 0.1) is 16.8 Å². The van der Waals surface area contributed by atoms with Gasteiger partial charge in [-0.3, -0.25) is 4.98 Å². The number of hydrogen-bond donors (Lipinski definition) is 2. The fraction of sp³-hybridized carbons (Fsp3) is 0.0476. The summed E-state index contributed by atoms with van der Waals surface area (Å²) in [5.41, 5.74) is 5.38. The molecule has 0 fully saturated rings. The molecule has 0 aliphatic heterocycles. The zero-order valence-electron chi connectivity index (χ0n) is 14.8. The highest BCUT2D eigenvalue weighted by molar-refractivity contribution is 6.29. The van der Waals surface area contributed by atoms with E-state index in [2.05, 4.69) is 32.4 Å². The van der Waals surface area contributed by atoms with E-state index >= 15 is 0 Å². The maximum absolute atomic E-state index is 9.62. The first-order chi connectivity index (χ1) is 13.6. The molecule has 0 bridgehead atoms. The SMILES string of the molecule is Cc1c(Nc2c(C#N)cncc2-c2cc(Cl)ncc2C#N)ccc2[nH]ccc12. The molecule has 4 aromatic rings. The largest absolute Gasteiger partial charge is 0.361 e. The molecule has 0 spiro atoms. The van der Waals surface area contributed by atoms with E-state index < -0.39 is 0 Å². The van der Waals surface area contributed by atoms with Crippen LogP contribution in [0.1, 0.15) is 16.7 Å². The first kappa shape index (κ1) is 17.5. The van der Waals surface area contributed by atoms with E-state index in [4.69, 9.17) is 11.6 Å². The van der Waals surface area contributed by atoms with E-state index in [0.29, 0.717) is 27.9 Å². The second-order valence-electron chi connectivity index (χ2n) is 6.19. The third-order valence-corrected chi connectivity index (χ3v) is 4.82. The second kappa shape index (κ2) is 7.03. The van der Waals surface area contributed by atoms with Gasteiger partial charge in [-0.1, -0.05) is 11.6 Å². The fourth-order valence-electron chi connectivity index (χ4n) is 3.18. The van der Waals surface area contributed by atoms with Crippen LogP contribution in [0.5, 0.6) is 0 Å². The number of fused-ring (bicyclic) bond motifs is 1. The molecule has 0 atom stereocenters. The third-order valence-electron chi connectivity index (χ3n) is 4.61. The predicted octanol–water partition coefficient (Wildman–Crippen LogP) is 5.07. The van der Waals surface area contributed by atoms with Crippen molar-refractivity contribution in [3.8, 4) is 23.3 Å². The summed E-state index contributed by atoms with van der Waals surface area (Å²) in [6.45, 7) is 2.01. The first-order valence-corrected chi connectivity index (χ1v) is 8.78. The Bertz CT molecular complexity index is 1290. The molecule has 1 aromatic carbocycles. The van der Waals surface area contributed by atoms with Crippen molar-refractivity contribution in [1.29, 1.82) is 10.5 Å². The van der Waals surface area contributed by atoms with Gasteiger partial charge >= 0.3 is 0 Å². The highest BCUT2D eigenvalue weighted by Crippen LogP contribution is 2.36. The minimum Gasteiger partial charge on any atom is -0.361 e. The molecule has 3 aromatic heterocycles. The van der Waals surface area contributed by atoms with Crippen molar-refractivity contribution in [3.05, 3.63) is 70.9 Å². The quantitative estimate of drug-likeness (QED) is 0.480. The molecule has 0 saturated carbocycles.